The average Bonchev–Trinajstić information content (AvgIpc) is 3.26. The first kappa shape index (κ1) is 20.6. The molecule has 3 aromatic rings. The largest absolute Gasteiger partial charge is 0.483 e. The fraction of sp³-hybridized carbons (Fsp3) is 0.353. The van der Waals surface area contributed by atoms with Gasteiger partial charge in [0.15, 0.2) is 17.1 Å². The summed E-state index contributed by atoms with van der Waals surface area (Å²) in [4.78, 5) is 12.1. The van der Waals surface area contributed by atoms with Crippen LogP contribution in [0.1, 0.15) is 30.8 Å². The van der Waals surface area contributed by atoms with E-state index in [4.69, 9.17) is 16.3 Å². The number of rotatable bonds is 8. The Labute approximate surface area is 175 Å². The predicted octanol–water partition coefficient (Wildman–Crippen LogP) is 3.75. The number of benzene rings is 1. The van der Waals surface area contributed by atoms with Gasteiger partial charge < -0.3 is 9.30 Å². The van der Waals surface area contributed by atoms with Gasteiger partial charge in [0.1, 0.15) is 10.8 Å². The van der Waals surface area contributed by atoms with Gasteiger partial charge in [0, 0.05) is 12.1 Å². The molecule has 8 nitrogen and oxygen atoms in total. The molecule has 0 bridgehead atoms. The Balaban J connectivity index is 1.57. The normalized spacial score (nSPS) is 12.0. The van der Waals surface area contributed by atoms with Crippen molar-refractivity contribution in [2.75, 3.05) is 11.1 Å². The second-order valence-corrected chi connectivity index (χ2v) is 8.25. The van der Waals surface area contributed by atoms with Crippen LogP contribution in [-0.2, 0) is 18.3 Å². The van der Waals surface area contributed by atoms with E-state index >= 15 is 0 Å². The number of amides is 1. The summed E-state index contributed by atoms with van der Waals surface area (Å²) >= 11 is 8.65. The zero-order chi connectivity index (χ0) is 20.1. The molecular formula is C17H19ClN6O2S2. The number of halogens is 1. The number of carbonyl (C=O) groups excluding carboxylic acids is 1. The van der Waals surface area contributed by atoms with E-state index in [1.54, 1.807) is 12.1 Å². The third kappa shape index (κ3) is 5.21. The number of aromatic nitrogens is 5. The van der Waals surface area contributed by atoms with Gasteiger partial charge in [-0.05, 0) is 31.5 Å². The highest BCUT2D eigenvalue weighted by Crippen LogP contribution is 2.25. The third-order valence-corrected chi connectivity index (χ3v) is 5.93. The number of anilines is 1. The number of hydrogen-bond acceptors (Lipinski definition) is 8. The Kier molecular flexibility index (Phi) is 6.87. The van der Waals surface area contributed by atoms with Crippen LogP contribution in [0.5, 0.6) is 5.75 Å². The minimum Gasteiger partial charge on any atom is -0.483 e. The Morgan fingerprint density at radius 1 is 1.36 bits per heavy atom. The minimum atomic E-state index is -0.326. The van der Waals surface area contributed by atoms with Gasteiger partial charge in [-0.3, -0.25) is 10.1 Å². The summed E-state index contributed by atoms with van der Waals surface area (Å²) in [5.74, 6) is 1.33. The number of nitrogens with zero attached hydrogens (tertiary/aromatic N) is 5. The van der Waals surface area contributed by atoms with Crippen LogP contribution in [0.3, 0.4) is 0 Å². The third-order valence-electron chi connectivity index (χ3n) is 3.69. The summed E-state index contributed by atoms with van der Waals surface area (Å²) in [5, 5.41) is 21.6. The molecule has 2 heterocycles. The van der Waals surface area contributed by atoms with Gasteiger partial charge >= 0.3 is 0 Å². The van der Waals surface area contributed by atoms with E-state index in [2.05, 4.69) is 25.7 Å². The lowest BCUT2D eigenvalue weighted by Crippen LogP contribution is -2.14. The van der Waals surface area contributed by atoms with Crippen LogP contribution in [0.4, 0.5) is 5.13 Å². The van der Waals surface area contributed by atoms with Crippen molar-refractivity contribution in [3.05, 3.63) is 40.1 Å². The van der Waals surface area contributed by atoms with Gasteiger partial charge in [0.05, 0.1) is 5.75 Å². The summed E-state index contributed by atoms with van der Waals surface area (Å²) < 4.78 is 7.70. The summed E-state index contributed by atoms with van der Waals surface area (Å²) in [5.41, 5.74) is 0. The lowest BCUT2D eigenvalue weighted by molar-refractivity contribution is -0.113. The fourth-order valence-corrected chi connectivity index (χ4v) is 3.93. The Bertz CT molecular complexity index is 961. The number of carbonyl (C=O) groups is 1. The van der Waals surface area contributed by atoms with Gasteiger partial charge in [-0.2, -0.15) is 0 Å². The molecule has 1 atom stereocenters. The summed E-state index contributed by atoms with van der Waals surface area (Å²) in [7, 11) is 1.84. The standard InChI is InChI=1S/C17H19ClN6O2S2/c1-4-14-20-22-16(28-14)19-13(25)9-27-17-23-21-15(24(17)3)10(2)26-12-7-5-6-11(18)8-12/h5-8,10H,4,9H2,1-3H3,(H,19,22,25). The monoisotopic (exact) mass is 438 g/mol. The van der Waals surface area contributed by atoms with Crippen LogP contribution in [0, 0.1) is 0 Å². The van der Waals surface area contributed by atoms with Gasteiger partial charge in [0.2, 0.25) is 11.0 Å². The van der Waals surface area contributed by atoms with Gasteiger partial charge in [-0.15, -0.1) is 20.4 Å². The summed E-state index contributed by atoms with van der Waals surface area (Å²) in [6.45, 7) is 3.87. The van der Waals surface area contributed by atoms with Crippen LogP contribution in [0.15, 0.2) is 29.4 Å². The van der Waals surface area contributed by atoms with Gasteiger partial charge in [-0.25, -0.2) is 0 Å². The SMILES string of the molecule is CCc1nnc(NC(=O)CSc2nnc(C(C)Oc3cccc(Cl)c3)n2C)s1. The number of nitrogens with one attached hydrogen (secondary N) is 1. The molecule has 0 saturated heterocycles. The molecule has 0 spiro atoms. The first-order valence-electron chi connectivity index (χ1n) is 8.52. The molecule has 148 valence electrons. The van der Waals surface area contributed by atoms with Crippen molar-refractivity contribution >= 4 is 45.7 Å². The second kappa shape index (κ2) is 9.35. The summed E-state index contributed by atoms with van der Waals surface area (Å²) in [6, 6.07) is 7.18. The minimum absolute atomic E-state index is 0.170. The van der Waals surface area contributed by atoms with E-state index in [-0.39, 0.29) is 17.8 Å². The van der Waals surface area contributed by atoms with E-state index in [1.165, 1.54) is 23.1 Å². The average molecular weight is 439 g/mol. The highest BCUT2D eigenvalue weighted by molar-refractivity contribution is 7.99. The quantitative estimate of drug-likeness (QED) is 0.535. The van der Waals surface area contributed by atoms with Crippen molar-refractivity contribution in [1.29, 1.82) is 0 Å². The van der Waals surface area contributed by atoms with Crippen molar-refractivity contribution in [3.63, 3.8) is 0 Å². The van der Waals surface area contributed by atoms with Gasteiger partial charge in [-0.1, -0.05) is 47.7 Å². The first-order valence-corrected chi connectivity index (χ1v) is 10.7. The number of ether oxygens (including phenoxy) is 1. The molecule has 0 aliphatic carbocycles. The molecule has 0 fully saturated rings. The molecule has 2 aromatic heterocycles. The first-order chi connectivity index (χ1) is 13.5. The lowest BCUT2D eigenvalue weighted by Gasteiger charge is -2.14. The van der Waals surface area contributed by atoms with E-state index in [1.807, 2.05) is 37.6 Å². The molecule has 11 heteroatoms. The Hall–Kier alpha value is -2.17. The predicted molar refractivity (Wildman–Crippen MR) is 110 cm³/mol. The zero-order valence-corrected chi connectivity index (χ0v) is 17.9. The molecule has 1 aromatic carbocycles. The van der Waals surface area contributed by atoms with Gasteiger partial charge in [0.25, 0.3) is 0 Å². The Morgan fingerprint density at radius 2 is 2.18 bits per heavy atom. The molecule has 1 N–H and O–H groups in total. The van der Waals surface area contributed by atoms with E-state index < -0.39 is 0 Å². The smallest absolute Gasteiger partial charge is 0.236 e. The molecule has 0 radical (unpaired) electrons. The Morgan fingerprint density at radius 3 is 2.89 bits per heavy atom. The van der Waals surface area contributed by atoms with Crippen LogP contribution >= 0.6 is 34.7 Å². The van der Waals surface area contributed by atoms with Crippen molar-refractivity contribution in [3.8, 4) is 5.75 Å². The van der Waals surface area contributed by atoms with Crippen molar-refractivity contribution in [2.45, 2.75) is 31.5 Å². The molecule has 28 heavy (non-hydrogen) atoms. The van der Waals surface area contributed by atoms with Crippen molar-refractivity contribution in [2.24, 2.45) is 7.05 Å². The molecule has 1 amide bonds. The number of aryl methyl sites for hydroxylation is 1. The molecule has 1 unspecified atom stereocenters. The van der Waals surface area contributed by atoms with Crippen molar-refractivity contribution in [1.82, 2.24) is 25.0 Å². The van der Waals surface area contributed by atoms with E-state index in [0.717, 1.165) is 11.4 Å². The van der Waals surface area contributed by atoms with Crippen LogP contribution in [0.25, 0.3) is 0 Å². The highest BCUT2D eigenvalue weighted by atomic mass is 35.5. The molecule has 0 aliphatic heterocycles. The molecular weight excluding hydrogens is 420 g/mol. The number of hydrogen-bond donors (Lipinski definition) is 1. The highest BCUT2D eigenvalue weighted by Gasteiger charge is 2.18. The maximum Gasteiger partial charge on any atom is 0.236 e. The fourth-order valence-electron chi connectivity index (χ4n) is 2.34. The second-order valence-electron chi connectivity index (χ2n) is 5.81. The van der Waals surface area contributed by atoms with E-state index in [9.17, 15) is 4.79 Å². The molecule has 3 rings (SSSR count). The maximum atomic E-state index is 12.1. The maximum absolute atomic E-state index is 12.1. The topological polar surface area (TPSA) is 94.8 Å². The molecule has 0 saturated carbocycles. The van der Waals surface area contributed by atoms with E-state index in [0.29, 0.717) is 26.9 Å². The number of thioether (sulfide) groups is 1. The van der Waals surface area contributed by atoms with Crippen molar-refractivity contribution < 1.29 is 9.53 Å². The van der Waals surface area contributed by atoms with Crippen LogP contribution in [-0.4, -0.2) is 36.6 Å². The summed E-state index contributed by atoms with van der Waals surface area (Å²) in [6.07, 6.45) is 0.465. The molecule has 0 aliphatic rings. The lowest BCUT2D eigenvalue weighted by atomic mass is 10.3. The van der Waals surface area contributed by atoms with Crippen LogP contribution in [0.2, 0.25) is 5.02 Å². The zero-order valence-electron chi connectivity index (χ0n) is 15.5. The van der Waals surface area contributed by atoms with Crippen LogP contribution < -0.4 is 10.1 Å².